The molecule has 1 spiro atoms. The van der Waals surface area contributed by atoms with Gasteiger partial charge in [0.25, 0.3) is 0 Å². The molecule has 3 heterocycles. The summed E-state index contributed by atoms with van der Waals surface area (Å²) < 4.78 is 52.6. The molecule has 3 aromatic carbocycles. The summed E-state index contributed by atoms with van der Waals surface area (Å²) in [5, 5.41) is 3.04. The van der Waals surface area contributed by atoms with Gasteiger partial charge in [0.2, 0.25) is 0 Å². The molecule has 7 rings (SSSR count). The first-order valence-electron chi connectivity index (χ1n) is 15.7. The first-order chi connectivity index (χ1) is 23.2. The minimum Gasteiger partial charge on any atom is -0.454 e. The normalized spacial score (nSPS) is 27.2. The summed E-state index contributed by atoms with van der Waals surface area (Å²) in [7, 11) is 1.65. The molecule has 4 aromatic rings. The molecule has 1 saturated carbocycles. The van der Waals surface area contributed by atoms with Crippen LogP contribution in [0.5, 0.6) is 0 Å². The number of cyclic esters (lactones) is 1. The monoisotopic (exact) mass is 693 g/mol. The molecule has 1 aromatic heterocycles. The fourth-order valence-electron chi connectivity index (χ4n) is 8.88. The number of nitrogens with zero attached hydrogens (tertiary/aromatic N) is 2. The van der Waals surface area contributed by atoms with E-state index < -0.39 is 70.8 Å². The lowest BCUT2D eigenvalue weighted by molar-refractivity contribution is -0.200. The van der Waals surface area contributed by atoms with Crippen LogP contribution in [-0.4, -0.2) is 54.1 Å². The SMILES string of the molecule is CNc1cc(Cl)ccc1[C@@]1(C=O)[C@@H](c2ccnc(Cl)c2F)[C@@H]2C(=O)O[C@@H](c3ccccc3)[C@@H](c3ccccc3)N2C12CC(CF)(CF)C2. The van der Waals surface area contributed by atoms with Crippen LogP contribution in [0.3, 0.4) is 0 Å². The fourth-order valence-corrected chi connectivity index (χ4v) is 9.21. The molecular formula is C37H32Cl2F3N3O3. The molecule has 0 bridgehead atoms. The Hall–Kier alpha value is -3.92. The van der Waals surface area contributed by atoms with Crippen molar-refractivity contribution < 1.29 is 27.5 Å². The third-order valence-electron chi connectivity index (χ3n) is 10.7. The van der Waals surface area contributed by atoms with Gasteiger partial charge < -0.3 is 14.8 Å². The Kier molecular flexibility index (Phi) is 8.29. The summed E-state index contributed by atoms with van der Waals surface area (Å²) in [6.45, 7) is -1.97. The maximum absolute atomic E-state index is 16.4. The van der Waals surface area contributed by atoms with Crippen LogP contribution in [-0.2, 0) is 19.7 Å². The number of aldehydes is 1. The van der Waals surface area contributed by atoms with Crippen LogP contribution in [0, 0.1) is 11.2 Å². The molecular weight excluding hydrogens is 662 g/mol. The average molecular weight is 695 g/mol. The Morgan fingerprint density at radius 3 is 2.21 bits per heavy atom. The number of carbonyl (C=O) groups is 2. The Morgan fingerprint density at radius 1 is 0.958 bits per heavy atom. The maximum Gasteiger partial charge on any atom is 0.324 e. The highest BCUT2D eigenvalue weighted by atomic mass is 35.5. The Morgan fingerprint density at radius 2 is 1.60 bits per heavy atom. The highest BCUT2D eigenvalue weighted by molar-refractivity contribution is 6.31. The molecule has 48 heavy (non-hydrogen) atoms. The zero-order chi connectivity index (χ0) is 33.8. The molecule has 0 unspecified atom stereocenters. The molecule has 2 saturated heterocycles. The number of rotatable bonds is 8. The number of hydrogen-bond acceptors (Lipinski definition) is 6. The molecule has 1 N–H and O–H groups in total. The number of esters is 1. The van der Waals surface area contributed by atoms with Crippen molar-refractivity contribution in [1.29, 1.82) is 0 Å². The van der Waals surface area contributed by atoms with Gasteiger partial charge in [-0.2, -0.15) is 0 Å². The molecule has 248 valence electrons. The van der Waals surface area contributed by atoms with Gasteiger partial charge in [-0.3, -0.25) is 18.5 Å². The lowest BCUT2D eigenvalue weighted by atomic mass is 9.45. The van der Waals surface area contributed by atoms with Gasteiger partial charge in [0.1, 0.15) is 18.4 Å². The fraction of sp³-hybridized carbons (Fsp3) is 0.324. The number of halogens is 5. The number of fused-ring (bicyclic) bond motifs is 2. The standard InChI is InChI=1S/C37H32Cl2F3N3O3/c1-43-27-16-24(38)12-13-26(27)37(21-46)28(25-14-15-44-33(39)29(25)42)31-34(47)48-32(23-10-6-3-7-11-23)30(22-8-4-2-5-9-22)45(31)36(37)17-35(18-36,19-40)20-41/h2-16,21,28,30-32,43H,17-20H2,1H3/t28-,30+,31+,32-,37-/m0/s1. The van der Waals surface area contributed by atoms with Gasteiger partial charge in [-0.15, -0.1) is 0 Å². The molecule has 3 fully saturated rings. The third kappa shape index (κ3) is 4.54. The lowest BCUT2D eigenvalue weighted by Gasteiger charge is -2.64. The highest BCUT2D eigenvalue weighted by Crippen LogP contribution is 2.73. The van der Waals surface area contributed by atoms with Gasteiger partial charge >= 0.3 is 5.97 Å². The second-order valence-corrected chi connectivity index (χ2v) is 13.8. The number of morpholine rings is 1. The quantitative estimate of drug-likeness (QED) is 0.115. The summed E-state index contributed by atoms with van der Waals surface area (Å²) in [6.07, 6.45) is 0.895. The zero-order valence-electron chi connectivity index (χ0n) is 25.9. The van der Waals surface area contributed by atoms with Crippen LogP contribution >= 0.6 is 23.2 Å². The van der Waals surface area contributed by atoms with Crippen molar-refractivity contribution in [2.24, 2.45) is 5.41 Å². The van der Waals surface area contributed by atoms with Crippen LogP contribution in [0.25, 0.3) is 0 Å². The van der Waals surface area contributed by atoms with E-state index in [2.05, 4.69) is 10.3 Å². The van der Waals surface area contributed by atoms with Gasteiger partial charge in [-0.05, 0) is 53.3 Å². The minimum absolute atomic E-state index is 0.0362. The first kappa shape index (κ1) is 32.6. The first-order valence-corrected chi connectivity index (χ1v) is 16.4. The third-order valence-corrected chi connectivity index (χ3v) is 11.2. The Balaban J connectivity index is 1.61. The summed E-state index contributed by atoms with van der Waals surface area (Å²) in [5.74, 6) is -2.85. The summed E-state index contributed by atoms with van der Waals surface area (Å²) >= 11 is 12.7. The lowest BCUT2D eigenvalue weighted by Crippen LogP contribution is -2.71. The van der Waals surface area contributed by atoms with Crippen molar-refractivity contribution >= 4 is 41.1 Å². The van der Waals surface area contributed by atoms with E-state index in [1.807, 2.05) is 65.6 Å². The summed E-state index contributed by atoms with van der Waals surface area (Å²) in [6, 6.07) is 22.8. The number of anilines is 1. The smallest absolute Gasteiger partial charge is 0.324 e. The van der Waals surface area contributed by atoms with E-state index in [0.717, 1.165) is 11.8 Å². The van der Waals surface area contributed by atoms with Crippen LogP contribution in [0.1, 0.15) is 53.2 Å². The molecule has 2 aliphatic heterocycles. The highest BCUT2D eigenvalue weighted by Gasteiger charge is 2.80. The Bertz CT molecular complexity index is 1850. The zero-order valence-corrected chi connectivity index (χ0v) is 27.4. The van der Waals surface area contributed by atoms with Crippen LogP contribution in [0.15, 0.2) is 91.1 Å². The second-order valence-electron chi connectivity index (χ2n) is 13.0. The van der Waals surface area contributed by atoms with Crippen LogP contribution in [0.4, 0.5) is 18.9 Å². The van der Waals surface area contributed by atoms with Gasteiger partial charge in [0, 0.05) is 40.8 Å². The number of carbonyl (C=O) groups excluding carboxylic acids is 2. The second kappa shape index (κ2) is 12.2. The predicted molar refractivity (Wildman–Crippen MR) is 177 cm³/mol. The number of hydrogen-bond donors (Lipinski definition) is 1. The largest absolute Gasteiger partial charge is 0.454 e. The molecule has 1 aliphatic carbocycles. The molecule has 11 heteroatoms. The van der Waals surface area contributed by atoms with Crippen molar-refractivity contribution in [3.63, 3.8) is 0 Å². The van der Waals surface area contributed by atoms with Gasteiger partial charge in [-0.25, -0.2) is 9.37 Å². The average Bonchev–Trinajstić information content (AvgIpc) is 3.36. The van der Waals surface area contributed by atoms with Crippen LogP contribution in [0.2, 0.25) is 10.2 Å². The van der Waals surface area contributed by atoms with E-state index in [4.69, 9.17) is 27.9 Å². The van der Waals surface area contributed by atoms with E-state index in [1.54, 1.807) is 25.2 Å². The number of benzene rings is 3. The van der Waals surface area contributed by atoms with E-state index in [0.29, 0.717) is 21.8 Å². The van der Waals surface area contributed by atoms with Crippen molar-refractivity contribution in [3.05, 3.63) is 129 Å². The van der Waals surface area contributed by atoms with Crippen molar-refractivity contribution in [2.75, 3.05) is 25.7 Å². The molecule has 5 atom stereocenters. The molecule has 0 radical (unpaired) electrons. The maximum atomic E-state index is 16.4. The van der Waals surface area contributed by atoms with Crippen molar-refractivity contribution in [1.82, 2.24) is 9.88 Å². The molecule has 3 aliphatic rings. The van der Waals surface area contributed by atoms with Gasteiger partial charge in [0.05, 0.1) is 24.8 Å². The predicted octanol–water partition coefficient (Wildman–Crippen LogP) is 7.97. The minimum atomic E-state index is -1.77. The summed E-state index contributed by atoms with van der Waals surface area (Å²) in [5.41, 5.74) is -2.35. The van der Waals surface area contributed by atoms with Crippen LogP contribution < -0.4 is 5.32 Å². The number of ether oxygens (including phenoxy) is 1. The van der Waals surface area contributed by atoms with E-state index in [9.17, 15) is 18.4 Å². The van der Waals surface area contributed by atoms with E-state index in [-0.39, 0.29) is 18.4 Å². The topological polar surface area (TPSA) is 71.5 Å². The van der Waals surface area contributed by atoms with Gasteiger partial charge in [-0.1, -0.05) is 89.9 Å². The number of nitrogens with one attached hydrogen (secondary N) is 1. The van der Waals surface area contributed by atoms with E-state index >= 15 is 4.39 Å². The molecule has 6 nitrogen and oxygen atoms in total. The number of aromatic nitrogens is 1. The number of alkyl halides is 2. The van der Waals surface area contributed by atoms with Crippen molar-refractivity contribution in [2.45, 2.75) is 47.9 Å². The van der Waals surface area contributed by atoms with E-state index in [1.165, 1.54) is 12.3 Å². The summed E-state index contributed by atoms with van der Waals surface area (Å²) in [4.78, 5) is 34.8. The Labute approximate surface area is 286 Å². The van der Waals surface area contributed by atoms with Crippen molar-refractivity contribution in [3.8, 4) is 0 Å². The van der Waals surface area contributed by atoms with Gasteiger partial charge in [0.15, 0.2) is 11.0 Å². The number of pyridine rings is 1. The molecule has 0 amide bonds.